The van der Waals surface area contributed by atoms with Crippen molar-refractivity contribution >= 4 is 11.9 Å². The van der Waals surface area contributed by atoms with Crippen molar-refractivity contribution in [1.82, 2.24) is 14.9 Å². The van der Waals surface area contributed by atoms with E-state index in [1.54, 1.807) is 24.3 Å². The van der Waals surface area contributed by atoms with Gasteiger partial charge in [0.2, 0.25) is 11.9 Å². The van der Waals surface area contributed by atoms with Crippen LogP contribution in [-0.2, 0) is 11.3 Å². The number of amides is 1. The van der Waals surface area contributed by atoms with Crippen LogP contribution in [0, 0.1) is 5.92 Å². The number of aromatic nitrogens is 2. The quantitative estimate of drug-likeness (QED) is 0.831. The lowest BCUT2D eigenvalue weighted by atomic mass is 10.1. The summed E-state index contributed by atoms with van der Waals surface area (Å²) in [6, 6.07) is 0.181. The van der Waals surface area contributed by atoms with Crippen molar-refractivity contribution in [1.29, 1.82) is 0 Å². The third kappa shape index (κ3) is 3.41. The zero-order chi connectivity index (χ0) is 13.8. The number of hydrogen-bond donors (Lipinski definition) is 2. The molecule has 0 aromatic carbocycles. The highest BCUT2D eigenvalue weighted by Gasteiger charge is 2.29. The molecule has 19 heavy (non-hydrogen) atoms. The Morgan fingerprint density at radius 1 is 1.47 bits per heavy atom. The molecule has 0 saturated heterocycles. The topological polar surface area (TPSA) is 84.1 Å². The molecule has 0 bridgehead atoms. The summed E-state index contributed by atoms with van der Waals surface area (Å²) in [5.74, 6) is 0.836. The fourth-order valence-corrected chi connectivity index (χ4v) is 2.47. The molecule has 1 fully saturated rings. The normalized spacial score (nSPS) is 22.3. The van der Waals surface area contributed by atoms with E-state index in [4.69, 9.17) is 5.73 Å². The van der Waals surface area contributed by atoms with Gasteiger partial charge in [0.15, 0.2) is 0 Å². The van der Waals surface area contributed by atoms with Crippen LogP contribution in [0.15, 0.2) is 12.4 Å². The van der Waals surface area contributed by atoms with Crippen molar-refractivity contribution in [2.45, 2.75) is 31.8 Å². The van der Waals surface area contributed by atoms with Crippen LogP contribution < -0.4 is 11.1 Å². The number of hydrogen-bond acceptors (Lipinski definition) is 5. The minimum atomic E-state index is 0.0810. The maximum absolute atomic E-state index is 12.2. The van der Waals surface area contributed by atoms with Gasteiger partial charge in [-0.25, -0.2) is 9.97 Å². The Bertz CT molecular complexity index is 433. The van der Waals surface area contributed by atoms with Gasteiger partial charge >= 0.3 is 0 Å². The largest absolute Gasteiger partial charge is 0.357 e. The predicted octanol–water partition coefficient (Wildman–Crippen LogP) is 0.604. The fourth-order valence-electron chi connectivity index (χ4n) is 2.47. The number of nitrogens with one attached hydrogen (secondary N) is 1. The van der Waals surface area contributed by atoms with Gasteiger partial charge in [0.05, 0.1) is 0 Å². The molecule has 1 aromatic heterocycles. The molecule has 1 saturated carbocycles. The first-order chi connectivity index (χ1) is 9.10. The summed E-state index contributed by atoms with van der Waals surface area (Å²) in [4.78, 5) is 22.2. The van der Waals surface area contributed by atoms with Crippen molar-refractivity contribution in [3.05, 3.63) is 18.0 Å². The van der Waals surface area contributed by atoms with Gasteiger partial charge in [-0.05, 0) is 19.3 Å². The van der Waals surface area contributed by atoms with Crippen molar-refractivity contribution in [3.63, 3.8) is 0 Å². The Labute approximate surface area is 113 Å². The van der Waals surface area contributed by atoms with Gasteiger partial charge in [-0.3, -0.25) is 4.79 Å². The molecule has 1 amide bonds. The predicted molar refractivity (Wildman–Crippen MR) is 73.4 cm³/mol. The van der Waals surface area contributed by atoms with Crippen LogP contribution in [0.4, 0.5) is 5.95 Å². The van der Waals surface area contributed by atoms with Crippen LogP contribution in [-0.4, -0.2) is 40.9 Å². The lowest BCUT2D eigenvalue weighted by Crippen LogP contribution is -2.32. The van der Waals surface area contributed by atoms with Crippen molar-refractivity contribution < 1.29 is 4.79 Å². The summed E-state index contributed by atoms with van der Waals surface area (Å²) in [5.41, 5.74) is 6.78. The SMILES string of the molecule is CNc1ncc(CN(C)C(=O)[C@@H]2CC[C@H](N)C2)cn1. The third-order valence-electron chi connectivity index (χ3n) is 3.55. The zero-order valence-electron chi connectivity index (χ0n) is 11.5. The Balaban J connectivity index is 1.92. The van der Waals surface area contributed by atoms with E-state index in [0.717, 1.165) is 24.8 Å². The van der Waals surface area contributed by atoms with Gasteiger partial charge < -0.3 is 16.0 Å². The van der Waals surface area contributed by atoms with E-state index in [9.17, 15) is 4.79 Å². The van der Waals surface area contributed by atoms with Gasteiger partial charge in [0.25, 0.3) is 0 Å². The van der Waals surface area contributed by atoms with E-state index in [0.29, 0.717) is 12.5 Å². The van der Waals surface area contributed by atoms with Gasteiger partial charge in [-0.1, -0.05) is 0 Å². The average molecular weight is 263 g/mol. The number of carbonyl (C=O) groups excluding carboxylic acids is 1. The number of rotatable bonds is 4. The number of nitrogens with two attached hydrogens (primary N) is 1. The smallest absolute Gasteiger partial charge is 0.225 e. The number of nitrogens with zero attached hydrogens (tertiary/aromatic N) is 3. The molecule has 1 aliphatic rings. The van der Waals surface area contributed by atoms with E-state index in [-0.39, 0.29) is 17.9 Å². The lowest BCUT2D eigenvalue weighted by molar-refractivity contribution is -0.134. The first-order valence-corrected chi connectivity index (χ1v) is 6.59. The highest BCUT2D eigenvalue weighted by atomic mass is 16.2. The zero-order valence-corrected chi connectivity index (χ0v) is 11.5. The lowest BCUT2D eigenvalue weighted by Gasteiger charge is -2.20. The van der Waals surface area contributed by atoms with Crippen LogP contribution in [0.3, 0.4) is 0 Å². The molecular weight excluding hydrogens is 242 g/mol. The Hall–Kier alpha value is -1.69. The summed E-state index contributed by atoms with van der Waals surface area (Å²) in [6.07, 6.45) is 6.13. The molecule has 2 rings (SSSR count). The summed E-state index contributed by atoms with van der Waals surface area (Å²) in [6.45, 7) is 0.536. The molecular formula is C13H21N5O. The van der Waals surface area contributed by atoms with Gasteiger partial charge in [-0.15, -0.1) is 0 Å². The third-order valence-corrected chi connectivity index (χ3v) is 3.55. The maximum atomic E-state index is 12.2. The molecule has 1 aromatic rings. The Morgan fingerprint density at radius 3 is 2.68 bits per heavy atom. The average Bonchev–Trinajstić information content (AvgIpc) is 2.85. The van der Waals surface area contributed by atoms with Crippen LogP contribution in [0.5, 0.6) is 0 Å². The van der Waals surface area contributed by atoms with E-state index >= 15 is 0 Å². The van der Waals surface area contributed by atoms with Gasteiger partial charge in [-0.2, -0.15) is 0 Å². The maximum Gasteiger partial charge on any atom is 0.225 e. The van der Waals surface area contributed by atoms with Crippen LogP contribution >= 0.6 is 0 Å². The molecule has 6 heteroatoms. The molecule has 0 radical (unpaired) electrons. The van der Waals surface area contributed by atoms with E-state index in [2.05, 4.69) is 15.3 Å². The summed E-state index contributed by atoms with van der Waals surface area (Å²) >= 11 is 0. The van der Waals surface area contributed by atoms with Crippen LogP contribution in [0.25, 0.3) is 0 Å². The van der Waals surface area contributed by atoms with Gasteiger partial charge in [0, 0.05) is 50.6 Å². The van der Waals surface area contributed by atoms with Gasteiger partial charge in [0.1, 0.15) is 0 Å². The monoisotopic (exact) mass is 263 g/mol. The van der Waals surface area contributed by atoms with Crippen molar-refractivity contribution in [2.24, 2.45) is 11.7 Å². The first kappa shape index (κ1) is 13.7. The summed E-state index contributed by atoms with van der Waals surface area (Å²) in [5, 5.41) is 2.86. The molecule has 104 valence electrons. The molecule has 6 nitrogen and oxygen atoms in total. The van der Waals surface area contributed by atoms with Crippen LogP contribution in [0.2, 0.25) is 0 Å². The van der Waals surface area contributed by atoms with Crippen LogP contribution in [0.1, 0.15) is 24.8 Å². The molecule has 1 aliphatic carbocycles. The molecule has 0 aliphatic heterocycles. The standard InChI is InChI=1S/C13H21N5O/c1-15-13-16-6-9(7-17-13)8-18(2)12(19)10-3-4-11(14)5-10/h6-7,10-11H,3-5,8,14H2,1-2H3,(H,15,16,17)/t10-,11+/m1/s1. The molecule has 0 spiro atoms. The molecule has 1 heterocycles. The second-order valence-corrected chi connectivity index (χ2v) is 5.13. The van der Waals surface area contributed by atoms with E-state index in [1.807, 2.05) is 7.05 Å². The summed E-state index contributed by atoms with van der Waals surface area (Å²) < 4.78 is 0. The van der Waals surface area contributed by atoms with E-state index < -0.39 is 0 Å². The Morgan fingerprint density at radius 2 is 2.16 bits per heavy atom. The molecule has 3 N–H and O–H groups in total. The highest BCUT2D eigenvalue weighted by molar-refractivity contribution is 5.78. The van der Waals surface area contributed by atoms with Crippen molar-refractivity contribution in [3.8, 4) is 0 Å². The Kier molecular flexibility index (Phi) is 4.31. The summed E-state index contributed by atoms with van der Waals surface area (Å²) in [7, 11) is 3.59. The first-order valence-electron chi connectivity index (χ1n) is 6.59. The van der Waals surface area contributed by atoms with Crippen molar-refractivity contribution in [2.75, 3.05) is 19.4 Å². The molecule has 2 atom stereocenters. The minimum Gasteiger partial charge on any atom is -0.357 e. The van der Waals surface area contributed by atoms with E-state index in [1.165, 1.54) is 0 Å². The number of anilines is 1. The highest BCUT2D eigenvalue weighted by Crippen LogP contribution is 2.26. The second-order valence-electron chi connectivity index (χ2n) is 5.13. The number of carbonyl (C=O) groups is 1. The second kappa shape index (κ2) is 5.97. The molecule has 0 unspecified atom stereocenters. The fraction of sp³-hybridized carbons (Fsp3) is 0.615. The minimum absolute atomic E-state index is 0.0810.